The highest BCUT2D eigenvalue weighted by Crippen LogP contribution is 2.23. The van der Waals surface area contributed by atoms with Gasteiger partial charge in [-0.1, -0.05) is 11.6 Å². The summed E-state index contributed by atoms with van der Waals surface area (Å²) in [6.45, 7) is -0.590. The number of benzene rings is 2. The molecule has 0 aliphatic rings. The van der Waals surface area contributed by atoms with Crippen LogP contribution < -0.4 is 5.32 Å². The van der Waals surface area contributed by atoms with E-state index in [-0.39, 0.29) is 15.5 Å². The number of hydrogen-bond donors (Lipinski definition) is 1. The van der Waals surface area contributed by atoms with E-state index < -0.39 is 34.1 Å². The van der Waals surface area contributed by atoms with E-state index in [1.165, 1.54) is 36.4 Å². The van der Waals surface area contributed by atoms with Crippen LogP contribution in [0.2, 0.25) is 5.02 Å². The van der Waals surface area contributed by atoms with Gasteiger partial charge in [-0.2, -0.15) is 0 Å². The van der Waals surface area contributed by atoms with Gasteiger partial charge in [-0.3, -0.25) is 4.79 Å². The smallest absolute Gasteiger partial charge is 0.338 e. The van der Waals surface area contributed by atoms with E-state index in [1.807, 2.05) is 0 Å². The second-order valence-electron chi connectivity index (χ2n) is 5.05. The third-order valence-corrected chi connectivity index (χ3v) is 4.61. The van der Waals surface area contributed by atoms with Gasteiger partial charge < -0.3 is 10.1 Å². The van der Waals surface area contributed by atoms with Gasteiger partial charge in [-0.05, 0) is 42.5 Å². The van der Waals surface area contributed by atoms with Crippen molar-refractivity contribution in [3.63, 3.8) is 0 Å². The normalized spacial score (nSPS) is 11.0. The summed E-state index contributed by atoms with van der Waals surface area (Å²) in [5.74, 6) is -1.96. The molecule has 0 saturated heterocycles. The van der Waals surface area contributed by atoms with E-state index in [1.54, 1.807) is 0 Å². The average molecular weight is 386 g/mol. The van der Waals surface area contributed by atoms with Crippen LogP contribution in [-0.4, -0.2) is 33.2 Å². The number of hydrogen-bond acceptors (Lipinski definition) is 5. The standard InChI is InChI=1S/C16H13ClFNO5S/c1-25(22,23)14-8-10(2-7-13(14)17)16(21)24-9-15(20)19-12-5-3-11(18)4-6-12/h2-8H,9H2,1H3,(H,19,20). The van der Waals surface area contributed by atoms with Gasteiger partial charge in [0.15, 0.2) is 16.4 Å². The van der Waals surface area contributed by atoms with E-state index in [0.29, 0.717) is 5.69 Å². The second kappa shape index (κ2) is 7.62. The molecule has 2 rings (SSSR count). The zero-order chi connectivity index (χ0) is 18.6. The molecule has 25 heavy (non-hydrogen) atoms. The van der Waals surface area contributed by atoms with Crippen LogP contribution in [0.5, 0.6) is 0 Å². The molecule has 132 valence electrons. The Bertz CT molecular complexity index is 913. The first-order chi connectivity index (χ1) is 11.7. The molecule has 1 N–H and O–H groups in total. The number of rotatable bonds is 5. The van der Waals surface area contributed by atoms with Crippen molar-refractivity contribution < 1.29 is 27.1 Å². The van der Waals surface area contributed by atoms with Crippen LogP contribution in [0.3, 0.4) is 0 Å². The maximum Gasteiger partial charge on any atom is 0.338 e. The van der Waals surface area contributed by atoms with Crippen LogP contribution in [0, 0.1) is 5.82 Å². The van der Waals surface area contributed by atoms with E-state index in [0.717, 1.165) is 12.3 Å². The SMILES string of the molecule is CS(=O)(=O)c1cc(C(=O)OCC(=O)Nc2ccc(F)cc2)ccc1Cl. The molecule has 1 amide bonds. The van der Waals surface area contributed by atoms with Crippen LogP contribution in [0.15, 0.2) is 47.4 Å². The van der Waals surface area contributed by atoms with Crippen LogP contribution >= 0.6 is 11.6 Å². The van der Waals surface area contributed by atoms with Crippen molar-refractivity contribution in [2.45, 2.75) is 4.90 Å². The lowest BCUT2D eigenvalue weighted by molar-refractivity contribution is -0.119. The molecule has 0 aromatic heterocycles. The summed E-state index contributed by atoms with van der Waals surface area (Å²) in [6, 6.07) is 8.67. The molecule has 6 nitrogen and oxygen atoms in total. The average Bonchev–Trinajstić information content (AvgIpc) is 2.54. The van der Waals surface area contributed by atoms with Crippen molar-refractivity contribution in [3.8, 4) is 0 Å². The fraction of sp³-hybridized carbons (Fsp3) is 0.125. The number of carbonyl (C=O) groups is 2. The number of sulfone groups is 1. The summed E-state index contributed by atoms with van der Waals surface area (Å²) in [6.07, 6.45) is 0.958. The molecule has 0 bridgehead atoms. The van der Waals surface area contributed by atoms with Crippen LogP contribution in [0.1, 0.15) is 10.4 Å². The van der Waals surface area contributed by atoms with Gasteiger partial charge in [0, 0.05) is 11.9 Å². The lowest BCUT2D eigenvalue weighted by Crippen LogP contribution is -2.21. The van der Waals surface area contributed by atoms with Gasteiger partial charge >= 0.3 is 5.97 Å². The molecule has 0 atom stereocenters. The first-order valence-electron chi connectivity index (χ1n) is 6.89. The Kier molecular flexibility index (Phi) is 5.76. The summed E-state index contributed by atoms with van der Waals surface area (Å²) in [5, 5.41) is 2.40. The minimum absolute atomic E-state index is 0.0203. The molecule has 0 radical (unpaired) electrons. The third kappa shape index (κ3) is 5.27. The number of halogens is 2. The first-order valence-corrected chi connectivity index (χ1v) is 9.16. The summed E-state index contributed by atoms with van der Waals surface area (Å²) in [5.41, 5.74) is 0.285. The summed E-state index contributed by atoms with van der Waals surface area (Å²) in [7, 11) is -3.61. The molecule has 0 unspecified atom stereocenters. The maximum absolute atomic E-state index is 12.8. The predicted molar refractivity (Wildman–Crippen MR) is 89.9 cm³/mol. The second-order valence-corrected chi connectivity index (χ2v) is 7.44. The summed E-state index contributed by atoms with van der Waals surface area (Å²) in [4.78, 5) is 23.5. The fourth-order valence-electron chi connectivity index (χ4n) is 1.86. The third-order valence-electron chi connectivity index (χ3n) is 3.03. The Hall–Kier alpha value is -2.45. The molecule has 0 aliphatic carbocycles. The molecule has 9 heteroatoms. The van der Waals surface area contributed by atoms with E-state index in [4.69, 9.17) is 16.3 Å². The van der Waals surface area contributed by atoms with E-state index in [2.05, 4.69) is 5.32 Å². The van der Waals surface area contributed by atoms with Gasteiger partial charge in [0.2, 0.25) is 0 Å². The van der Waals surface area contributed by atoms with Crippen molar-refractivity contribution in [2.24, 2.45) is 0 Å². The maximum atomic E-state index is 12.8. The number of anilines is 1. The van der Waals surface area contributed by atoms with Gasteiger partial charge in [0.05, 0.1) is 15.5 Å². The van der Waals surface area contributed by atoms with Crippen LogP contribution in [-0.2, 0) is 19.4 Å². The van der Waals surface area contributed by atoms with Crippen molar-refractivity contribution in [1.29, 1.82) is 0 Å². The van der Waals surface area contributed by atoms with Crippen molar-refractivity contribution >= 4 is 39.0 Å². The quantitative estimate of drug-likeness (QED) is 0.799. The summed E-state index contributed by atoms with van der Waals surface area (Å²) < 4.78 is 40.8. The lowest BCUT2D eigenvalue weighted by atomic mass is 10.2. The lowest BCUT2D eigenvalue weighted by Gasteiger charge is -2.08. The van der Waals surface area contributed by atoms with Gasteiger partial charge in [0.1, 0.15) is 5.82 Å². The molecule has 0 spiro atoms. The molecular formula is C16H13ClFNO5S. The highest BCUT2D eigenvalue weighted by Gasteiger charge is 2.17. The Labute approximate surface area is 148 Å². The Morgan fingerprint density at radius 1 is 1.16 bits per heavy atom. The molecule has 2 aromatic rings. The molecule has 0 heterocycles. The molecule has 0 fully saturated rings. The highest BCUT2D eigenvalue weighted by molar-refractivity contribution is 7.90. The number of amides is 1. The summed E-state index contributed by atoms with van der Waals surface area (Å²) >= 11 is 5.79. The van der Waals surface area contributed by atoms with Crippen molar-refractivity contribution in [2.75, 3.05) is 18.2 Å². The minimum atomic E-state index is -3.61. The largest absolute Gasteiger partial charge is 0.452 e. The number of carbonyl (C=O) groups excluding carboxylic acids is 2. The van der Waals surface area contributed by atoms with Gasteiger partial charge in [-0.25, -0.2) is 17.6 Å². The first kappa shape index (κ1) is 18.9. The van der Waals surface area contributed by atoms with Gasteiger partial charge in [-0.15, -0.1) is 0 Å². The Balaban J connectivity index is 2.00. The minimum Gasteiger partial charge on any atom is -0.452 e. The van der Waals surface area contributed by atoms with Crippen LogP contribution in [0.4, 0.5) is 10.1 Å². The number of esters is 1. The van der Waals surface area contributed by atoms with E-state index >= 15 is 0 Å². The Morgan fingerprint density at radius 2 is 1.80 bits per heavy atom. The zero-order valence-electron chi connectivity index (χ0n) is 13.0. The van der Waals surface area contributed by atoms with Crippen molar-refractivity contribution in [1.82, 2.24) is 0 Å². The number of nitrogens with one attached hydrogen (secondary N) is 1. The molecular weight excluding hydrogens is 373 g/mol. The van der Waals surface area contributed by atoms with Crippen LogP contribution in [0.25, 0.3) is 0 Å². The molecule has 0 aliphatic heterocycles. The predicted octanol–water partition coefficient (Wildman–Crippen LogP) is 2.68. The number of ether oxygens (including phenoxy) is 1. The molecule has 2 aromatic carbocycles. The Morgan fingerprint density at radius 3 is 2.40 bits per heavy atom. The van der Waals surface area contributed by atoms with E-state index in [9.17, 15) is 22.4 Å². The van der Waals surface area contributed by atoms with Crippen molar-refractivity contribution in [3.05, 3.63) is 58.9 Å². The topological polar surface area (TPSA) is 89.5 Å². The highest BCUT2D eigenvalue weighted by atomic mass is 35.5. The fourth-order valence-corrected chi connectivity index (χ4v) is 3.16. The zero-order valence-corrected chi connectivity index (χ0v) is 14.5. The monoisotopic (exact) mass is 385 g/mol. The molecule has 0 saturated carbocycles. The van der Waals surface area contributed by atoms with Gasteiger partial charge in [0.25, 0.3) is 5.91 Å².